The van der Waals surface area contributed by atoms with Crippen molar-refractivity contribution >= 4 is 28.5 Å². The molecule has 144 valence electrons. The Kier molecular flexibility index (Phi) is 6.92. The normalized spacial score (nSPS) is 10.9. The van der Waals surface area contributed by atoms with E-state index < -0.39 is 0 Å². The standard InChI is InChI=1S/C22H21FN2O2S/c1-2-3-14-27-19-11-7-17(8-12-19)20-15-28-22(24-20)25-21(26)13-6-16-4-9-18(23)10-5-16/h4-13,15H,2-3,14H2,1H3,(H,24,25,26). The number of ether oxygens (including phenoxy) is 1. The fourth-order valence-electron chi connectivity index (χ4n) is 2.41. The third-order valence-electron chi connectivity index (χ3n) is 3.95. The Balaban J connectivity index is 1.57. The maximum absolute atomic E-state index is 12.9. The predicted octanol–water partition coefficient (Wildman–Crippen LogP) is 5.78. The lowest BCUT2D eigenvalue weighted by atomic mass is 10.2. The van der Waals surface area contributed by atoms with E-state index in [0.717, 1.165) is 35.4 Å². The first kappa shape index (κ1) is 19.8. The van der Waals surface area contributed by atoms with Crippen LogP contribution in [0.3, 0.4) is 0 Å². The Bertz CT molecular complexity index is 934. The Hall–Kier alpha value is -2.99. The van der Waals surface area contributed by atoms with Crippen molar-refractivity contribution in [3.8, 4) is 17.0 Å². The molecule has 4 nitrogen and oxygen atoms in total. The second-order valence-electron chi connectivity index (χ2n) is 6.14. The van der Waals surface area contributed by atoms with Crippen LogP contribution in [0.25, 0.3) is 17.3 Å². The molecule has 1 N–H and O–H groups in total. The van der Waals surface area contributed by atoms with Crippen molar-refractivity contribution in [1.82, 2.24) is 4.98 Å². The highest BCUT2D eigenvalue weighted by atomic mass is 32.1. The molecule has 3 aromatic rings. The van der Waals surface area contributed by atoms with E-state index in [9.17, 15) is 9.18 Å². The summed E-state index contributed by atoms with van der Waals surface area (Å²) >= 11 is 1.36. The number of carbonyl (C=O) groups excluding carboxylic acids is 1. The summed E-state index contributed by atoms with van der Waals surface area (Å²) in [5.74, 6) is 0.245. The van der Waals surface area contributed by atoms with Crippen molar-refractivity contribution in [2.45, 2.75) is 19.8 Å². The average molecular weight is 396 g/mol. The monoisotopic (exact) mass is 396 g/mol. The van der Waals surface area contributed by atoms with E-state index in [1.54, 1.807) is 18.2 Å². The van der Waals surface area contributed by atoms with Crippen molar-refractivity contribution in [1.29, 1.82) is 0 Å². The van der Waals surface area contributed by atoms with Crippen molar-refractivity contribution in [3.63, 3.8) is 0 Å². The quantitative estimate of drug-likeness (QED) is 0.388. The lowest BCUT2D eigenvalue weighted by Crippen LogP contribution is -2.07. The fraction of sp³-hybridized carbons (Fsp3) is 0.182. The molecule has 0 aliphatic rings. The summed E-state index contributed by atoms with van der Waals surface area (Å²) in [6.45, 7) is 2.85. The lowest BCUT2D eigenvalue weighted by molar-refractivity contribution is -0.111. The minimum Gasteiger partial charge on any atom is -0.494 e. The zero-order valence-corrected chi connectivity index (χ0v) is 16.3. The van der Waals surface area contributed by atoms with Gasteiger partial charge < -0.3 is 4.74 Å². The van der Waals surface area contributed by atoms with Gasteiger partial charge in [0.1, 0.15) is 11.6 Å². The van der Waals surface area contributed by atoms with Crippen LogP contribution in [0.2, 0.25) is 0 Å². The van der Waals surface area contributed by atoms with Gasteiger partial charge in [-0.25, -0.2) is 9.37 Å². The number of nitrogens with zero attached hydrogens (tertiary/aromatic N) is 1. The zero-order valence-electron chi connectivity index (χ0n) is 15.5. The van der Waals surface area contributed by atoms with Gasteiger partial charge in [0.2, 0.25) is 5.91 Å². The molecule has 0 aliphatic carbocycles. The molecule has 0 saturated heterocycles. The number of amides is 1. The molecule has 0 aliphatic heterocycles. The Morgan fingerprint density at radius 3 is 2.64 bits per heavy atom. The van der Waals surface area contributed by atoms with Crippen LogP contribution in [-0.2, 0) is 4.79 Å². The van der Waals surface area contributed by atoms with Crippen LogP contribution in [0.5, 0.6) is 5.75 Å². The summed E-state index contributed by atoms with van der Waals surface area (Å²) in [5.41, 5.74) is 2.50. The number of thiazole rings is 1. The second kappa shape index (κ2) is 9.80. The van der Waals surface area contributed by atoms with Crippen LogP contribution in [0.15, 0.2) is 60.0 Å². The molecule has 3 rings (SSSR count). The lowest BCUT2D eigenvalue weighted by Gasteiger charge is -2.05. The minimum absolute atomic E-state index is 0.287. The predicted molar refractivity (Wildman–Crippen MR) is 112 cm³/mol. The summed E-state index contributed by atoms with van der Waals surface area (Å²) in [6, 6.07) is 13.7. The third kappa shape index (κ3) is 5.76. The van der Waals surface area contributed by atoms with Gasteiger partial charge in [-0.2, -0.15) is 0 Å². The average Bonchev–Trinajstić information content (AvgIpc) is 3.17. The molecule has 0 spiro atoms. The number of carbonyl (C=O) groups is 1. The highest BCUT2D eigenvalue weighted by Gasteiger charge is 2.07. The number of anilines is 1. The van der Waals surface area contributed by atoms with Gasteiger partial charge in [0.25, 0.3) is 0 Å². The molecule has 2 aromatic carbocycles. The topological polar surface area (TPSA) is 51.2 Å². The van der Waals surface area contributed by atoms with Crippen LogP contribution >= 0.6 is 11.3 Å². The van der Waals surface area contributed by atoms with E-state index in [0.29, 0.717) is 11.7 Å². The number of unbranched alkanes of at least 4 members (excludes halogenated alkanes) is 1. The molecule has 0 unspecified atom stereocenters. The fourth-order valence-corrected chi connectivity index (χ4v) is 3.14. The molecule has 0 bridgehead atoms. The van der Waals surface area contributed by atoms with Gasteiger partial charge in [-0.15, -0.1) is 11.3 Å². The van der Waals surface area contributed by atoms with Crippen molar-refractivity contribution < 1.29 is 13.9 Å². The largest absolute Gasteiger partial charge is 0.494 e. The number of benzene rings is 2. The van der Waals surface area contributed by atoms with Gasteiger partial charge in [0.15, 0.2) is 5.13 Å². The van der Waals surface area contributed by atoms with Crippen LogP contribution in [0.1, 0.15) is 25.3 Å². The van der Waals surface area contributed by atoms with E-state index in [4.69, 9.17) is 4.74 Å². The molecule has 1 heterocycles. The van der Waals surface area contributed by atoms with Crippen LogP contribution in [-0.4, -0.2) is 17.5 Å². The second-order valence-corrected chi connectivity index (χ2v) is 7.00. The van der Waals surface area contributed by atoms with Crippen molar-refractivity contribution in [3.05, 3.63) is 71.4 Å². The molecule has 0 radical (unpaired) electrons. The first-order valence-corrected chi connectivity index (χ1v) is 9.95. The van der Waals surface area contributed by atoms with Crippen LogP contribution in [0, 0.1) is 5.82 Å². The molecular formula is C22H21FN2O2S. The number of rotatable bonds is 8. The molecule has 0 atom stereocenters. The summed E-state index contributed by atoms with van der Waals surface area (Å²) in [5, 5.41) is 5.16. The van der Waals surface area contributed by atoms with Crippen molar-refractivity contribution in [2.24, 2.45) is 0 Å². The molecule has 1 aromatic heterocycles. The molecular weight excluding hydrogens is 375 g/mol. The van der Waals surface area contributed by atoms with Crippen LogP contribution < -0.4 is 10.1 Å². The summed E-state index contributed by atoms with van der Waals surface area (Å²) in [4.78, 5) is 16.5. The summed E-state index contributed by atoms with van der Waals surface area (Å²) < 4.78 is 18.6. The SMILES string of the molecule is CCCCOc1ccc(-c2csc(NC(=O)C=Cc3ccc(F)cc3)n2)cc1. The van der Waals surface area contributed by atoms with Gasteiger partial charge >= 0.3 is 0 Å². The van der Waals surface area contributed by atoms with E-state index in [2.05, 4.69) is 17.2 Å². The maximum atomic E-state index is 12.9. The zero-order chi connectivity index (χ0) is 19.8. The highest BCUT2D eigenvalue weighted by Crippen LogP contribution is 2.26. The molecule has 0 fully saturated rings. The first-order valence-electron chi connectivity index (χ1n) is 9.07. The minimum atomic E-state index is -0.308. The molecule has 0 saturated carbocycles. The van der Waals surface area contributed by atoms with Gasteiger partial charge in [-0.3, -0.25) is 10.1 Å². The highest BCUT2D eigenvalue weighted by molar-refractivity contribution is 7.14. The van der Waals surface area contributed by atoms with Gasteiger partial charge in [0.05, 0.1) is 12.3 Å². The van der Waals surface area contributed by atoms with E-state index in [1.807, 2.05) is 29.6 Å². The maximum Gasteiger partial charge on any atom is 0.250 e. The van der Waals surface area contributed by atoms with Crippen LogP contribution in [0.4, 0.5) is 9.52 Å². The third-order valence-corrected chi connectivity index (χ3v) is 4.71. The summed E-state index contributed by atoms with van der Waals surface area (Å²) in [7, 11) is 0. The van der Waals surface area contributed by atoms with Gasteiger partial charge in [-0.1, -0.05) is 25.5 Å². The van der Waals surface area contributed by atoms with E-state index >= 15 is 0 Å². The first-order chi connectivity index (χ1) is 13.6. The number of hydrogen-bond acceptors (Lipinski definition) is 4. The number of halogens is 1. The number of nitrogens with one attached hydrogen (secondary N) is 1. The van der Waals surface area contributed by atoms with E-state index in [-0.39, 0.29) is 11.7 Å². The smallest absolute Gasteiger partial charge is 0.250 e. The molecule has 6 heteroatoms. The van der Waals surface area contributed by atoms with Gasteiger partial charge in [0, 0.05) is 17.0 Å². The number of hydrogen-bond donors (Lipinski definition) is 1. The number of aromatic nitrogens is 1. The van der Waals surface area contributed by atoms with E-state index in [1.165, 1.54) is 29.5 Å². The Labute approximate surface area is 167 Å². The Morgan fingerprint density at radius 2 is 1.93 bits per heavy atom. The van der Waals surface area contributed by atoms with Gasteiger partial charge in [-0.05, 0) is 54.5 Å². The summed E-state index contributed by atoms with van der Waals surface area (Å²) in [6.07, 6.45) is 5.16. The molecule has 28 heavy (non-hydrogen) atoms. The molecule has 1 amide bonds. The Morgan fingerprint density at radius 1 is 1.18 bits per heavy atom. The van der Waals surface area contributed by atoms with Crippen molar-refractivity contribution in [2.75, 3.05) is 11.9 Å².